The van der Waals surface area contributed by atoms with Crippen LogP contribution in [0.3, 0.4) is 0 Å². The van der Waals surface area contributed by atoms with Crippen molar-refractivity contribution in [2.75, 3.05) is 6.54 Å². The maximum absolute atomic E-state index is 13.1. The highest BCUT2D eigenvalue weighted by Crippen LogP contribution is 2.19. The highest BCUT2D eigenvalue weighted by atomic mass is 19.1. The third kappa shape index (κ3) is 3.77. The lowest BCUT2D eigenvalue weighted by Crippen LogP contribution is -2.42. The van der Waals surface area contributed by atoms with Gasteiger partial charge in [0.05, 0.1) is 6.04 Å². The Balaban J connectivity index is 1.94. The SMILES string of the molecule is CC1CC(C(=O)N[C@@H](C)c2cccc(F)c2)CCN1. The lowest BCUT2D eigenvalue weighted by atomic mass is 9.92. The number of hydrogen-bond donors (Lipinski definition) is 2. The van der Waals surface area contributed by atoms with Crippen molar-refractivity contribution in [3.63, 3.8) is 0 Å². The molecular formula is C15H21FN2O. The van der Waals surface area contributed by atoms with Crippen molar-refractivity contribution in [1.29, 1.82) is 0 Å². The number of carbonyl (C=O) groups is 1. The maximum Gasteiger partial charge on any atom is 0.223 e. The molecule has 3 nitrogen and oxygen atoms in total. The second kappa shape index (κ2) is 6.15. The summed E-state index contributed by atoms with van der Waals surface area (Å²) in [5.41, 5.74) is 0.801. The summed E-state index contributed by atoms with van der Waals surface area (Å²) < 4.78 is 13.1. The molecule has 0 bridgehead atoms. The smallest absolute Gasteiger partial charge is 0.223 e. The van der Waals surface area contributed by atoms with Crippen LogP contribution in [0.25, 0.3) is 0 Å². The molecule has 1 fully saturated rings. The van der Waals surface area contributed by atoms with Gasteiger partial charge in [-0.1, -0.05) is 12.1 Å². The van der Waals surface area contributed by atoms with Crippen LogP contribution >= 0.6 is 0 Å². The van der Waals surface area contributed by atoms with Crippen molar-refractivity contribution >= 4 is 5.91 Å². The van der Waals surface area contributed by atoms with E-state index in [0.717, 1.165) is 24.9 Å². The molecule has 1 heterocycles. The number of hydrogen-bond acceptors (Lipinski definition) is 2. The van der Waals surface area contributed by atoms with E-state index < -0.39 is 0 Å². The molecule has 1 aromatic carbocycles. The minimum Gasteiger partial charge on any atom is -0.349 e. The first kappa shape index (κ1) is 14.0. The molecule has 4 heteroatoms. The van der Waals surface area contributed by atoms with E-state index >= 15 is 0 Å². The van der Waals surface area contributed by atoms with Crippen LogP contribution in [0.15, 0.2) is 24.3 Å². The monoisotopic (exact) mass is 264 g/mol. The predicted octanol–water partition coefficient (Wildman–Crippen LogP) is 2.39. The zero-order valence-corrected chi connectivity index (χ0v) is 11.4. The average molecular weight is 264 g/mol. The molecule has 1 aliphatic heterocycles. The Bertz CT molecular complexity index is 450. The first-order chi connectivity index (χ1) is 9.06. The van der Waals surface area contributed by atoms with Gasteiger partial charge in [0.15, 0.2) is 0 Å². The number of rotatable bonds is 3. The van der Waals surface area contributed by atoms with Crippen LogP contribution in [0.2, 0.25) is 0 Å². The van der Waals surface area contributed by atoms with Crippen LogP contribution in [0.1, 0.15) is 38.3 Å². The Morgan fingerprint density at radius 1 is 1.53 bits per heavy atom. The Morgan fingerprint density at radius 3 is 3.00 bits per heavy atom. The van der Waals surface area contributed by atoms with Gasteiger partial charge in [-0.25, -0.2) is 4.39 Å². The molecule has 0 aromatic heterocycles. The van der Waals surface area contributed by atoms with Crippen molar-refractivity contribution in [2.24, 2.45) is 5.92 Å². The quantitative estimate of drug-likeness (QED) is 0.880. The highest BCUT2D eigenvalue weighted by Gasteiger charge is 2.25. The summed E-state index contributed by atoms with van der Waals surface area (Å²) in [4.78, 5) is 12.2. The molecule has 0 radical (unpaired) electrons. The van der Waals surface area contributed by atoms with Crippen molar-refractivity contribution in [3.05, 3.63) is 35.6 Å². The van der Waals surface area contributed by atoms with Crippen LogP contribution in [0, 0.1) is 11.7 Å². The molecule has 2 rings (SSSR count). The minimum absolute atomic E-state index is 0.0623. The number of halogens is 1. The van der Waals surface area contributed by atoms with Gasteiger partial charge in [0.25, 0.3) is 0 Å². The second-order valence-electron chi connectivity index (χ2n) is 5.36. The lowest BCUT2D eigenvalue weighted by molar-refractivity contribution is -0.126. The molecule has 104 valence electrons. The fourth-order valence-corrected chi connectivity index (χ4v) is 2.56. The normalized spacial score (nSPS) is 24.8. The summed E-state index contributed by atoms with van der Waals surface area (Å²) in [6.07, 6.45) is 1.73. The van der Waals surface area contributed by atoms with Gasteiger partial charge in [0.1, 0.15) is 5.82 Å². The van der Waals surface area contributed by atoms with E-state index in [1.165, 1.54) is 12.1 Å². The Kier molecular flexibility index (Phi) is 4.53. The fraction of sp³-hybridized carbons (Fsp3) is 0.533. The first-order valence-corrected chi connectivity index (χ1v) is 6.85. The van der Waals surface area contributed by atoms with Gasteiger partial charge in [-0.15, -0.1) is 0 Å². The second-order valence-corrected chi connectivity index (χ2v) is 5.36. The minimum atomic E-state index is -0.269. The van der Waals surface area contributed by atoms with E-state index in [2.05, 4.69) is 17.6 Å². The van der Waals surface area contributed by atoms with Gasteiger partial charge in [-0.05, 0) is 50.9 Å². The number of benzene rings is 1. The zero-order valence-electron chi connectivity index (χ0n) is 11.4. The van der Waals surface area contributed by atoms with E-state index in [-0.39, 0.29) is 23.7 Å². The predicted molar refractivity (Wildman–Crippen MR) is 73.1 cm³/mol. The van der Waals surface area contributed by atoms with Crippen LogP contribution < -0.4 is 10.6 Å². The summed E-state index contributed by atoms with van der Waals surface area (Å²) in [5, 5.41) is 6.31. The number of nitrogens with one attached hydrogen (secondary N) is 2. The van der Waals surface area contributed by atoms with E-state index in [1.54, 1.807) is 6.07 Å². The molecule has 1 aromatic rings. The third-order valence-corrected chi connectivity index (χ3v) is 3.70. The standard InChI is InChI=1S/C15H21FN2O/c1-10-8-13(6-7-17-10)15(19)18-11(2)12-4-3-5-14(16)9-12/h3-5,9-11,13,17H,6-8H2,1-2H3,(H,18,19)/t10?,11-,13?/m0/s1. The Labute approximate surface area is 113 Å². The van der Waals surface area contributed by atoms with E-state index in [9.17, 15) is 9.18 Å². The molecule has 1 amide bonds. The molecular weight excluding hydrogens is 243 g/mol. The van der Waals surface area contributed by atoms with Crippen LogP contribution in [-0.2, 0) is 4.79 Å². The van der Waals surface area contributed by atoms with Gasteiger partial charge in [0, 0.05) is 12.0 Å². The van der Waals surface area contributed by atoms with E-state index in [1.807, 2.05) is 13.0 Å². The van der Waals surface area contributed by atoms with Crippen LogP contribution in [-0.4, -0.2) is 18.5 Å². The molecule has 0 spiro atoms. The Hall–Kier alpha value is -1.42. The van der Waals surface area contributed by atoms with Crippen molar-refractivity contribution in [2.45, 2.75) is 38.8 Å². The number of amides is 1. The van der Waals surface area contributed by atoms with Gasteiger partial charge >= 0.3 is 0 Å². The van der Waals surface area contributed by atoms with Gasteiger partial charge in [0.2, 0.25) is 5.91 Å². The van der Waals surface area contributed by atoms with E-state index in [4.69, 9.17) is 0 Å². The summed E-state index contributed by atoms with van der Waals surface area (Å²) in [6, 6.07) is 6.60. The van der Waals surface area contributed by atoms with Crippen LogP contribution in [0.5, 0.6) is 0 Å². The summed E-state index contributed by atoms with van der Waals surface area (Å²) in [6.45, 7) is 4.86. The molecule has 0 saturated carbocycles. The molecule has 3 atom stereocenters. The van der Waals surface area contributed by atoms with Crippen LogP contribution in [0.4, 0.5) is 4.39 Å². The molecule has 1 saturated heterocycles. The fourth-order valence-electron chi connectivity index (χ4n) is 2.56. The molecule has 1 aliphatic rings. The van der Waals surface area contributed by atoms with Crippen molar-refractivity contribution < 1.29 is 9.18 Å². The summed E-state index contributed by atoms with van der Waals surface area (Å²) >= 11 is 0. The largest absolute Gasteiger partial charge is 0.349 e. The van der Waals surface area contributed by atoms with E-state index in [0.29, 0.717) is 6.04 Å². The summed E-state index contributed by atoms with van der Waals surface area (Å²) in [5.74, 6) is -0.133. The molecule has 2 N–H and O–H groups in total. The van der Waals surface area contributed by atoms with Crippen molar-refractivity contribution in [1.82, 2.24) is 10.6 Å². The molecule has 0 aliphatic carbocycles. The topological polar surface area (TPSA) is 41.1 Å². The maximum atomic E-state index is 13.1. The zero-order chi connectivity index (χ0) is 13.8. The lowest BCUT2D eigenvalue weighted by Gasteiger charge is -2.28. The van der Waals surface area contributed by atoms with Crippen molar-refractivity contribution in [3.8, 4) is 0 Å². The van der Waals surface area contributed by atoms with Gasteiger partial charge in [-0.2, -0.15) is 0 Å². The summed E-state index contributed by atoms with van der Waals surface area (Å²) in [7, 11) is 0. The third-order valence-electron chi connectivity index (χ3n) is 3.70. The molecule has 19 heavy (non-hydrogen) atoms. The number of carbonyl (C=O) groups excluding carboxylic acids is 1. The number of piperidine rings is 1. The molecule has 2 unspecified atom stereocenters. The van der Waals surface area contributed by atoms with Gasteiger partial charge < -0.3 is 10.6 Å². The highest BCUT2D eigenvalue weighted by molar-refractivity contribution is 5.79. The Morgan fingerprint density at radius 2 is 2.32 bits per heavy atom. The first-order valence-electron chi connectivity index (χ1n) is 6.85. The average Bonchev–Trinajstić information content (AvgIpc) is 2.38. The van der Waals surface area contributed by atoms with Gasteiger partial charge in [-0.3, -0.25) is 4.79 Å².